The highest BCUT2D eigenvalue weighted by molar-refractivity contribution is 5.82. The molecule has 0 bridgehead atoms. The number of carbonyl (C=O) groups excluding carboxylic acids is 2. The van der Waals surface area contributed by atoms with Gasteiger partial charge in [-0.2, -0.15) is 13.2 Å². The zero-order valence-electron chi connectivity index (χ0n) is 12.4. The van der Waals surface area contributed by atoms with Gasteiger partial charge < -0.3 is 24.8 Å². The number of hydrogen-bond donors (Lipinski definition) is 2. The normalized spacial score (nSPS) is 12.6. The van der Waals surface area contributed by atoms with Crippen molar-refractivity contribution in [2.24, 2.45) is 0 Å². The van der Waals surface area contributed by atoms with Crippen LogP contribution in [-0.4, -0.2) is 44.7 Å². The van der Waals surface area contributed by atoms with Gasteiger partial charge in [-0.25, -0.2) is 4.79 Å². The van der Waals surface area contributed by atoms with E-state index in [0.717, 1.165) is 5.56 Å². The van der Waals surface area contributed by atoms with Gasteiger partial charge in [-0.15, -0.1) is 0 Å². The molecule has 1 aliphatic heterocycles. The van der Waals surface area contributed by atoms with Gasteiger partial charge in [-0.3, -0.25) is 4.79 Å². The first kappa shape index (κ1) is 17.7. The lowest BCUT2D eigenvalue weighted by molar-refractivity contribution is -0.160. The predicted molar refractivity (Wildman–Crippen MR) is 74.7 cm³/mol. The number of ether oxygens (including phenoxy) is 3. The molecule has 0 spiro atoms. The number of nitrogens with one attached hydrogen (secondary N) is 2. The molecule has 1 heterocycles. The van der Waals surface area contributed by atoms with Crippen molar-refractivity contribution in [3.63, 3.8) is 0 Å². The van der Waals surface area contributed by atoms with Crippen LogP contribution in [0.3, 0.4) is 0 Å². The van der Waals surface area contributed by atoms with Gasteiger partial charge in [0.1, 0.15) is 0 Å². The summed E-state index contributed by atoms with van der Waals surface area (Å²) in [4.78, 5) is 22.4. The Morgan fingerprint density at radius 2 is 1.92 bits per heavy atom. The molecule has 2 rings (SSSR count). The zero-order chi connectivity index (χ0) is 17.6. The molecule has 24 heavy (non-hydrogen) atoms. The van der Waals surface area contributed by atoms with Gasteiger partial charge in [0.05, 0.1) is 6.54 Å². The summed E-state index contributed by atoms with van der Waals surface area (Å²) < 4.78 is 49.8. The van der Waals surface area contributed by atoms with E-state index in [9.17, 15) is 22.8 Å². The van der Waals surface area contributed by atoms with Gasteiger partial charge >= 0.3 is 12.3 Å². The van der Waals surface area contributed by atoms with Gasteiger partial charge in [0.25, 0.3) is 0 Å². The fraction of sp³-hybridized carbons (Fsp3) is 0.429. The Kier molecular flexibility index (Phi) is 5.72. The van der Waals surface area contributed by atoms with Crippen LogP contribution < -0.4 is 20.1 Å². The van der Waals surface area contributed by atoms with Crippen molar-refractivity contribution in [2.45, 2.75) is 12.6 Å². The minimum absolute atomic E-state index is 0.172. The maximum Gasteiger partial charge on any atom is 0.422 e. The summed E-state index contributed by atoms with van der Waals surface area (Å²) in [5.74, 6) is 0.747. The zero-order valence-corrected chi connectivity index (χ0v) is 12.4. The van der Waals surface area contributed by atoms with E-state index in [1.807, 2.05) is 11.4 Å². The maximum atomic E-state index is 11.8. The average molecular weight is 348 g/mol. The highest BCUT2D eigenvalue weighted by Crippen LogP contribution is 2.32. The topological polar surface area (TPSA) is 85.9 Å². The van der Waals surface area contributed by atoms with E-state index in [1.54, 1.807) is 12.1 Å². The average Bonchev–Trinajstić information content (AvgIpc) is 2.98. The number of halogens is 3. The van der Waals surface area contributed by atoms with E-state index >= 15 is 0 Å². The van der Waals surface area contributed by atoms with Crippen molar-refractivity contribution in [1.82, 2.24) is 10.6 Å². The SMILES string of the molecule is O=C(CNC(=O)OCC(F)(F)F)NCCc1ccc2c(c1)OCO2. The first-order valence-electron chi connectivity index (χ1n) is 6.96. The number of alkyl halides is 3. The quantitative estimate of drug-likeness (QED) is 0.811. The maximum absolute atomic E-state index is 11.8. The molecule has 1 aliphatic rings. The molecular weight excluding hydrogens is 333 g/mol. The Labute approximate surface area is 135 Å². The van der Waals surface area contributed by atoms with Crippen LogP contribution in [0.4, 0.5) is 18.0 Å². The van der Waals surface area contributed by atoms with E-state index < -0.39 is 31.3 Å². The second-order valence-electron chi connectivity index (χ2n) is 4.83. The Morgan fingerprint density at radius 1 is 1.17 bits per heavy atom. The highest BCUT2D eigenvalue weighted by atomic mass is 19.4. The molecule has 7 nitrogen and oxygen atoms in total. The van der Waals surface area contributed by atoms with Crippen LogP contribution in [0.2, 0.25) is 0 Å². The summed E-state index contributed by atoms with van der Waals surface area (Å²) in [5, 5.41) is 4.45. The predicted octanol–water partition coefficient (Wildman–Crippen LogP) is 1.36. The van der Waals surface area contributed by atoms with Crippen molar-refractivity contribution in [3.05, 3.63) is 23.8 Å². The molecule has 0 atom stereocenters. The van der Waals surface area contributed by atoms with Crippen LogP contribution in [0.5, 0.6) is 11.5 Å². The lowest BCUT2D eigenvalue weighted by Gasteiger charge is -2.09. The van der Waals surface area contributed by atoms with E-state index in [1.165, 1.54) is 0 Å². The molecule has 0 unspecified atom stereocenters. The highest BCUT2D eigenvalue weighted by Gasteiger charge is 2.29. The van der Waals surface area contributed by atoms with Crippen LogP contribution in [0.1, 0.15) is 5.56 Å². The van der Waals surface area contributed by atoms with Gasteiger partial charge in [-0.05, 0) is 24.1 Å². The van der Waals surface area contributed by atoms with Crippen molar-refractivity contribution in [2.75, 3.05) is 26.5 Å². The molecule has 0 aliphatic carbocycles. The molecule has 1 aromatic carbocycles. The minimum Gasteiger partial charge on any atom is -0.454 e. The van der Waals surface area contributed by atoms with Crippen molar-refractivity contribution >= 4 is 12.0 Å². The van der Waals surface area contributed by atoms with Crippen LogP contribution in [0.15, 0.2) is 18.2 Å². The number of hydrogen-bond acceptors (Lipinski definition) is 5. The van der Waals surface area contributed by atoms with Crippen molar-refractivity contribution < 1.29 is 37.0 Å². The third-order valence-corrected chi connectivity index (χ3v) is 2.93. The summed E-state index contributed by atoms with van der Waals surface area (Å²) in [7, 11) is 0. The summed E-state index contributed by atoms with van der Waals surface area (Å²) in [6, 6.07) is 5.38. The van der Waals surface area contributed by atoms with Gasteiger partial charge in [-0.1, -0.05) is 6.07 Å². The Hall–Kier alpha value is -2.65. The number of amides is 2. The fourth-order valence-corrected chi connectivity index (χ4v) is 1.86. The molecule has 0 saturated heterocycles. The van der Waals surface area contributed by atoms with Crippen molar-refractivity contribution in [1.29, 1.82) is 0 Å². The Morgan fingerprint density at radius 3 is 2.67 bits per heavy atom. The molecular formula is C14H15F3N2O5. The summed E-state index contributed by atoms with van der Waals surface area (Å²) in [6.07, 6.45) is -5.40. The van der Waals surface area contributed by atoms with Crippen LogP contribution in [0, 0.1) is 0 Å². The lowest BCUT2D eigenvalue weighted by Crippen LogP contribution is -2.38. The molecule has 1 aromatic rings. The molecule has 0 fully saturated rings. The van der Waals surface area contributed by atoms with E-state index in [0.29, 0.717) is 17.9 Å². The third-order valence-electron chi connectivity index (χ3n) is 2.93. The Bertz CT molecular complexity index is 607. The largest absolute Gasteiger partial charge is 0.454 e. The molecule has 10 heteroatoms. The Balaban J connectivity index is 1.62. The number of alkyl carbamates (subject to hydrolysis) is 1. The van der Waals surface area contributed by atoms with Crippen LogP contribution >= 0.6 is 0 Å². The summed E-state index contributed by atoms with van der Waals surface area (Å²) in [5.41, 5.74) is 0.914. The number of benzene rings is 1. The molecule has 0 aromatic heterocycles. The first-order chi connectivity index (χ1) is 11.3. The van der Waals surface area contributed by atoms with Gasteiger partial charge in [0.15, 0.2) is 18.1 Å². The van der Waals surface area contributed by atoms with E-state index in [4.69, 9.17) is 9.47 Å². The first-order valence-corrected chi connectivity index (χ1v) is 6.96. The fourth-order valence-electron chi connectivity index (χ4n) is 1.86. The van der Waals surface area contributed by atoms with Crippen LogP contribution in [-0.2, 0) is 16.0 Å². The second-order valence-corrected chi connectivity index (χ2v) is 4.83. The lowest BCUT2D eigenvalue weighted by atomic mass is 10.1. The number of rotatable bonds is 6. The summed E-state index contributed by atoms with van der Waals surface area (Å²) in [6.45, 7) is -1.72. The molecule has 0 radical (unpaired) electrons. The smallest absolute Gasteiger partial charge is 0.422 e. The van der Waals surface area contributed by atoms with E-state index in [-0.39, 0.29) is 13.3 Å². The van der Waals surface area contributed by atoms with Crippen LogP contribution in [0.25, 0.3) is 0 Å². The molecule has 0 saturated carbocycles. The van der Waals surface area contributed by atoms with Gasteiger partial charge in [0.2, 0.25) is 12.7 Å². The van der Waals surface area contributed by atoms with Gasteiger partial charge in [0, 0.05) is 6.54 Å². The molecule has 2 N–H and O–H groups in total. The standard InChI is InChI=1S/C14H15F3N2O5/c15-14(16,17)7-22-13(21)19-6-12(20)18-4-3-9-1-2-10-11(5-9)24-8-23-10/h1-2,5H,3-4,6-8H2,(H,18,20)(H,19,21). The monoisotopic (exact) mass is 348 g/mol. The minimum atomic E-state index is -4.61. The molecule has 132 valence electrons. The van der Waals surface area contributed by atoms with Crippen molar-refractivity contribution in [3.8, 4) is 11.5 Å². The number of carbonyl (C=O) groups is 2. The molecule has 2 amide bonds. The van der Waals surface area contributed by atoms with E-state index in [2.05, 4.69) is 10.1 Å². The third kappa shape index (κ3) is 5.86. The summed E-state index contributed by atoms with van der Waals surface area (Å²) >= 11 is 0. The second kappa shape index (κ2) is 7.75. The number of fused-ring (bicyclic) bond motifs is 1.